The number of esters is 1. The van der Waals surface area contributed by atoms with Gasteiger partial charge in [-0.2, -0.15) is 5.10 Å². The smallest absolute Gasteiger partial charge is 0.306 e. The molecule has 0 atom stereocenters. The summed E-state index contributed by atoms with van der Waals surface area (Å²) in [5.41, 5.74) is 2.23. The number of hydrogen-bond donors (Lipinski definition) is 0. The molecule has 0 aromatic carbocycles. The molecule has 1 heterocycles. The lowest BCUT2D eigenvalue weighted by atomic mass is 10.3. The zero-order chi connectivity index (χ0) is 15.0. The number of hydrogen-bond acceptors (Lipinski definition) is 5. The molecule has 6 heteroatoms. The highest BCUT2D eigenvalue weighted by atomic mass is 16.5. The van der Waals surface area contributed by atoms with Gasteiger partial charge < -0.3 is 9.47 Å². The van der Waals surface area contributed by atoms with E-state index in [1.54, 1.807) is 7.11 Å². The Morgan fingerprint density at radius 3 is 2.70 bits per heavy atom. The van der Waals surface area contributed by atoms with Crippen molar-refractivity contribution in [1.29, 1.82) is 0 Å². The van der Waals surface area contributed by atoms with Crippen LogP contribution in [0, 0.1) is 0 Å². The van der Waals surface area contributed by atoms with Crippen molar-refractivity contribution in [1.82, 2.24) is 14.7 Å². The van der Waals surface area contributed by atoms with E-state index in [0.717, 1.165) is 30.9 Å². The summed E-state index contributed by atoms with van der Waals surface area (Å²) >= 11 is 0. The van der Waals surface area contributed by atoms with Gasteiger partial charge in [0.15, 0.2) is 0 Å². The van der Waals surface area contributed by atoms with Gasteiger partial charge in [0, 0.05) is 33.8 Å². The number of aromatic nitrogens is 2. The molecular weight excluding hydrogens is 258 g/mol. The topological polar surface area (TPSA) is 56.6 Å². The van der Waals surface area contributed by atoms with Crippen LogP contribution in [-0.2, 0) is 34.3 Å². The first kappa shape index (κ1) is 16.7. The molecule has 1 aromatic heterocycles. The van der Waals surface area contributed by atoms with E-state index in [0.29, 0.717) is 19.6 Å². The molecule has 114 valence electrons. The first-order valence-electron chi connectivity index (χ1n) is 6.90. The number of carbonyl (C=O) groups is 1. The molecule has 0 spiro atoms. The average Bonchev–Trinajstić information content (AvgIpc) is 2.81. The molecule has 0 aliphatic carbocycles. The number of aryl methyl sites for hydroxylation is 2. The van der Waals surface area contributed by atoms with Gasteiger partial charge in [0.2, 0.25) is 0 Å². The van der Waals surface area contributed by atoms with Crippen molar-refractivity contribution in [2.24, 2.45) is 7.05 Å². The lowest BCUT2D eigenvalue weighted by Gasteiger charge is -2.21. The molecule has 0 saturated carbocycles. The Bertz CT molecular complexity index is 418. The third kappa shape index (κ3) is 5.30. The largest absolute Gasteiger partial charge is 0.469 e. The highest BCUT2D eigenvalue weighted by Crippen LogP contribution is 2.08. The van der Waals surface area contributed by atoms with Gasteiger partial charge in [-0.3, -0.25) is 14.4 Å². The van der Waals surface area contributed by atoms with E-state index in [4.69, 9.17) is 4.74 Å². The number of nitrogens with zero attached hydrogens (tertiary/aromatic N) is 3. The molecule has 0 amide bonds. The number of ether oxygens (including phenoxy) is 2. The van der Waals surface area contributed by atoms with Gasteiger partial charge in [-0.05, 0) is 12.5 Å². The minimum Gasteiger partial charge on any atom is -0.469 e. The van der Waals surface area contributed by atoms with Gasteiger partial charge in [0.05, 0.1) is 31.5 Å². The summed E-state index contributed by atoms with van der Waals surface area (Å²) in [5, 5.41) is 4.44. The maximum atomic E-state index is 11.3. The molecule has 0 saturated heterocycles. The van der Waals surface area contributed by atoms with E-state index >= 15 is 0 Å². The summed E-state index contributed by atoms with van der Waals surface area (Å²) in [4.78, 5) is 13.4. The second-order valence-corrected chi connectivity index (χ2v) is 4.70. The Hall–Kier alpha value is -1.40. The van der Waals surface area contributed by atoms with Crippen molar-refractivity contribution in [3.05, 3.63) is 17.5 Å². The van der Waals surface area contributed by atoms with Crippen LogP contribution in [0.1, 0.15) is 24.7 Å². The average molecular weight is 283 g/mol. The van der Waals surface area contributed by atoms with Gasteiger partial charge in [0.25, 0.3) is 0 Å². The molecule has 20 heavy (non-hydrogen) atoms. The lowest BCUT2D eigenvalue weighted by molar-refractivity contribution is -0.141. The second-order valence-electron chi connectivity index (χ2n) is 4.70. The highest BCUT2D eigenvalue weighted by Gasteiger charge is 2.12. The molecule has 1 rings (SSSR count). The number of methoxy groups -OCH3 is 2. The van der Waals surface area contributed by atoms with Crippen molar-refractivity contribution in [2.75, 3.05) is 33.9 Å². The Labute approximate surface area is 120 Å². The van der Waals surface area contributed by atoms with E-state index in [9.17, 15) is 4.79 Å². The van der Waals surface area contributed by atoms with Crippen LogP contribution in [0.15, 0.2) is 6.07 Å². The van der Waals surface area contributed by atoms with Crippen LogP contribution < -0.4 is 0 Å². The minimum absolute atomic E-state index is 0.188. The van der Waals surface area contributed by atoms with Crippen LogP contribution in [0.3, 0.4) is 0 Å². The molecule has 0 unspecified atom stereocenters. The monoisotopic (exact) mass is 283 g/mol. The third-order valence-corrected chi connectivity index (χ3v) is 3.25. The Morgan fingerprint density at radius 2 is 2.15 bits per heavy atom. The fourth-order valence-electron chi connectivity index (χ4n) is 1.96. The van der Waals surface area contributed by atoms with Crippen molar-refractivity contribution in [3.8, 4) is 0 Å². The third-order valence-electron chi connectivity index (χ3n) is 3.25. The zero-order valence-corrected chi connectivity index (χ0v) is 12.9. The standard InChI is InChI=1S/C14H25N3O3/c1-5-12-10-13(16(2)15-12)11-17(8-9-19-3)7-6-14(18)20-4/h10H,5-9,11H2,1-4H3. The molecule has 6 nitrogen and oxygen atoms in total. The molecule has 0 bridgehead atoms. The van der Waals surface area contributed by atoms with Crippen LogP contribution in [0.4, 0.5) is 0 Å². The molecule has 0 aliphatic heterocycles. The summed E-state index contributed by atoms with van der Waals surface area (Å²) in [7, 11) is 5.04. The van der Waals surface area contributed by atoms with E-state index < -0.39 is 0 Å². The van der Waals surface area contributed by atoms with Crippen LogP contribution in [0.25, 0.3) is 0 Å². The van der Waals surface area contributed by atoms with E-state index in [1.165, 1.54) is 7.11 Å². The van der Waals surface area contributed by atoms with E-state index in [-0.39, 0.29) is 5.97 Å². The fraction of sp³-hybridized carbons (Fsp3) is 0.714. The van der Waals surface area contributed by atoms with Crippen molar-refractivity contribution in [3.63, 3.8) is 0 Å². The zero-order valence-electron chi connectivity index (χ0n) is 12.9. The van der Waals surface area contributed by atoms with Gasteiger partial charge >= 0.3 is 5.97 Å². The molecule has 0 radical (unpaired) electrons. The minimum atomic E-state index is -0.188. The first-order valence-corrected chi connectivity index (χ1v) is 6.90. The summed E-state index contributed by atoms with van der Waals surface area (Å²) in [6.45, 7) is 4.92. The highest BCUT2D eigenvalue weighted by molar-refractivity contribution is 5.69. The SMILES string of the molecule is CCc1cc(CN(CCOC)CCC(=O)OC)n(C)n1. The maximum Gasteiger partial charge on any atom is 0.306 e. The summed E-state index contributed by atoms with van der Waals surface area (Å²) in [5.74, 6) is -0.188. The predicted molar refractivity (Wildman–Crippen MR) is 76.4 cm³/mol. The molecule has 0 N–H and O–H groups in total. The van der Waals surface area contributed by atoms with Gasteiger partial charge in [0.1, 0.15) is 0 Å². The Morgan fingerprint density at radius 1 is 1.40 bits per heavy atom. The van der Waals surface area contributed by atoms with Crippen LogP contribution in [-0.4, -0.2) is 54.6 Å². The normalized spacial score (nSPS) is 11.1. The quantitative estimate of drug-likeness (QED) is 0.633. The van der Waals surface area contributed by atoms with Crippen LogP contribution in [0.5, 0.6) is 0 Å². The molecular formula is C14H25N3O3. The van der Waals surface area contributed by atoms with Crippen molar-refractivity contribution < 1.29 is 14.3 Å². The number of rotatable bonds is 9. The Balaban J connectivity index is 2.62. The first-order chi connectivity index (χ1) is 9.60. The second kappa shape index (κ2) is 8.71. The molecule has 0 fully saturated rings. The van der Waals surface area contributed by atoms with Crippen molar-refractivity contribution in [2.45, 2.75) is 26.3 Å². The predicted octanol–water partition coefficient (Wildman–Crippen LogP) is 0.994. The molecule has 0 aliphatic rings. The van der Waals surface area contributed by atoms with Crippen molar-refractivity contribution >= 4 is 5.97 Å². The van der Waals surface area contributed by atoms with Crippen LogP contribution in [0.2, 0.25) is 0 Å². The summed E-state index contributed by atoms with van der Waals surface area (Å²) in [6, 6.07) is 2.11. The van der Waals surface area contributed by atoms with Crippen LogP contribution >= 0.6 is 0 Å². The van der Waals surface area contributed by atoms with E-state index in [2.05, 4.69) is 27.7 Å². The Kier molecular flexibility index (Phi) is 7.25. The van der Waals surface area contributed by atoms with Gasteiger partial charge in [-0.15, -0.1) is 0 Å². The van der Waals surface area contributed by atoms with Gasteiger partial charge in [-0.25, -0.2) is 0 Å². The molecule has 1 aromatic rings. The van der Waals surface area contributed by atoms with Gasteiger partial charge in [-0.1, -0.05) is 6.92 Å². The fourth-order valence-corrected chi connectivity index (χ4v) is 1.96. The maximum absolute atomic E-state index is 11.3. The summed E-state index contributed by atoms with van der Waals surface area (Å²) in [6.07, 6.45) is 1.31. The van der Waals surface area contributed by atoms with E-state index in [1.807, 2.05) is 11.7 Å². The number of carbonyl (C=O) groups excluding carboxylic acids is 1. The summed E-state index contributed by atoms with van der Waals surface area (Å²) < 4.78 is 11.7. The lowest BCUT2D eigenvalue weighted by Crippen LogP contribution is -2.30.